The number of nitrogens with one attached hydrogen (secondary N) is 2. The van der Waals surface area contributed by atoms with Crippen molar-refractivity contribution in [2.75, 3.05) is 38.5 Å². The number of hydrogen-bond donors (Lipinski definition) is 2. The van der Waals surface area contributed by atoms with Crippen molar-refractivity contribution in [3.8, 4) is 23.0 Å². The Hall–Kier alpha value is -3.70. The number of rotatable bonds is 4. The van der Waals surface area contributed by atoms with Gasteiger partial charge in [0.2, 0.25) is 0 Å². The third-order valence-electron chi connectivity index (χ3n) is 6.56. The molecule has 1 aromatic heterocycles. The molecule has 0 spiro atoms. The molecule has 36 heavy (non-hydrogen) atoms. The van der Waals surface area contributed by atoms with Crippen molar-refractivity contribution in [1.82, 2.24) is 20.0 Å². The van der Waals surface area contributed by atoms with Gasteiger partial charge in [-0.15, -0.1) is 5.10 Å². The molecule has 2 saturated heterocycles. The van der Waals surface area contributed by atoms with Crippen LogP contribution < -0.4 is 10.6 Å². The van der Waals surface area contributed by atoms with Crippen LogP contribution in [0, 0.1) is 17.1 Å². The molecular weight excluding hydrogens is 455 g/mol. The molecule has 0 bridgehead atoms. The highest BCUT2D eigenvalue weighted by Gasteiger charge is 2.20. The molecule has 2 aliphatic heterocycles. The number of amides is 1. The molecule has 1 amide bonds. The molecule has 2 aromatic carbocycles. The lowest BCUT2D eigenvalue weighted by Crippen LogP contribution is -2.27. The summed E-state index contributed by atoms with van der Waals surface area (Å²) in [6.07, 6.45) is 7.75. The van der Waals surface area contributed by atoms with Crippen LogP contribution in [0.25, 0.3) is 16.9 Å². The molecule has 0 aliphatic carbocycles. The molecule has 0 unspecified atom stereocenters. The highest BCUT2D eigenvalue weighted by Crippen LogP contribution is 2.28. The number of nitrogens with zero attached hydrogens (tertiary/aromatic N) is 4. The number of likely N-dealkylation sites (tertiary alicyclic amines) is 1. The van der Waals surface area contributed by atoms with Gasteiger partial charge in [0.15, 0.2) is 0 Å². The number of hydrogen-bond acceptors (Lipinski definition) is 5. The van der Waals surface area contributed by atoms with Gasteiger partial charge >= 0.3 is 0 Å². The van der Waals surface area contributed by atoms with Gasteiger partial charge in [0.1, 0.15) is 17.7 Å². The summed E-state index contributed by atoms with van der Waals surface area (Å²) in [5.41, 5.74) is 2.68. The summed E-state index contributed by atoms with van der Waals surface area (Å²) in [4.78, 5) is 14.4. The molecule has 2 aliphatic rings. The molecule has 3 aromatic rings. The van der Waals surface area contributed by atoms with Crippen LogP contribution in [-0.2, 0) is 0 Å². The third kappa shape index (κ3) is 6.10. The summed E-state index contributed by atoms with van der Waals surface area (Å²) < 4.78 is 15.8. The fraction of sp³-hybridized carbons (Fsp3) is 0.393. The standard InChI is InChI=1S/C22H20FN5O.C6H13N/c1-25-21-13-20(16-4-5-17(14-24)19(23)12-16)28(26-21)18-8-6-15(7-9-18)22(29)27-10-2-3-11-27;1-2-4-6-7-5-3-1/h4-9,12-13H,2-3,10-11H2,1H3,(H,25,26);7H,1-6H2. The fourth-order valence-corrected chi connectivity index (χ4v) is 4.50. The molecular formula is C28H33FN6O. The summed E-state index contributed by atoms with van der Waals surface area (Å²) in [6, 6.07) is 15.4. The van der Waals surface area contributed by atoms with Crippen LogP contribution in [0.3, 0.4) is 0 Å². The molecule has 8 heteroatoms. The number of nitriles is 1. The highest BCUT2D eigenvalue weighted by molar-refractivity contribution is 5.94. The number of halogens is 1. The fourth-order valence-electron chi connectivity index (χ4n) is 4.50. The lowest BCUT2D eigenvalue weighted by Gasteiger charge is -2.15. The number of aromatic nitrogens is 2. The normalized spacial score (nSPS) is 15.4. The first-order chi connectivity index (χ1) is 17.6. The van der Waals surface area contributed by atoms with Gasteiger partial charge in [-0.2, -0.15) is 5.26 Å². The number of anilines is 1. The van der Waals surface area contributed by atoms with Gasteiger partial charge in [-0.25, -0.2) is 9.07 Å². The Bertz CT molecular complexity index is 1190. The average molecular weight is 489 g/mol. The van der Waals surface area contributed by atoms with E-state index < -0.39 is 5.82 Å². The van der Waals surface area contributed by atoms with Gasteiger partial charge in [0.25, 0.3) is 5.91 Å². The van der Waals surface area contributed by atoms with Crippen molar-refractivity contribution >= 4 is 11.7 Å². The van der Waals surface area contributed by atoms with Crippen molar-refractivity contribution < 1.29 is 9.18 Å². The topological polar surface area (TPSA) is 86.0 Å². The van der Waals surface area contributed by atoms with Gasteiger partial charge in [0.05, 0.1) is 16.9 Å². The molecule has 3 heterocycles. The van der Waals surface area contributed by atoms with E-state index in [-0.39, 0.29) is 11.5 Å². The first-order valence-corrected chi connectivity index (χ1v) is 12.7. The number of carbonyl (C=O) groups is 1. The summed E-state index contributed by atoms with van der Waals surface area (Å²) in [6.45, 7) is 4.11. The maximum Gasteiger partial charge on any atom is 0.253 e. The lowest BCUT2D eigenvalue weighted by atomic mass is 10.1. The van der Waals surface area contributed by atoms with E-state index in [0.29, 0.717) is 22.6 Å². The maximum absolute atomic E-state index is 14.1. The van der Waals surface area contributed by atoms with Crippen LogP contribution in [0.1, 0.15) is 54.4 Å². The summed E-state index contributed by atoms with van der Waals surface area (Å²) in [7, 11) is 1.76. The van der Waals surface area contributed by atoms with Crippen LogP contribution in [0.15, 0.2) is 48.5 Å². The number of carbonyl (C=O) groups excluding carboxylic acids is 1. The van der Waals surface area contributed by atoms with Crippen molar-refractivity contribution in [2.24, 2.45) is 0 Å². The lowest BCUT2D eigenvalue weighted by molar-refractivity contribution is 0.0793. The monoisotopic (exact) mass is 488 g/mol. The number of benzene rings is 2. The second-order valence-corrected chi connectivity index (χ2v) is 9.09. The van der Waals surface area contributed by atoms with Crippen molar-refractivity contribution in [3.63, 3.8) is 0 Å². The van der Waals surface area contributed by atoms with Crippen molar-refractivity contribution in [2.45, 2.75) is 38.5 Å². The summed E-state index contributed by atoms with van der Waals surface area (Å²) in [5, 5.41) is 19.8. The van der Waals surface area contributed by atoms with Crippen molar-refractivity contribution in [1.29, 1.82) is 5.26 Å². The average Bonchev–Trinajstić information content (AvgIpc) is 3.52. The van der Waals surface area contributed by atoms with Crippen LogP contribution in [0.4, 0.5) is 10.2 Å². The van der Waals surface area contributed by atoms with Crippen LogP contribution >= 0.6 is 0 Å². The van der Waals surface area contributed by atoms with Crippen molar-refractivity contribution in [3.05, 3.63) is 65.5 Å². The largest absolute Gasteiger partial charge is 0.372 e. The minimum absolute atomic E-state index is 0.00145. The first-order valence-electron chi connectivity index (χ1n) is 12.7. The molecule has 0 saturated carbocycles. The molecule has 0 atom stereocenters. The van der Waals surface area contributed by atoms with E-state index in [1.54, 1.807) is 29.9 Å². The summed E-state index contributed by atoms with van der Waals surface area (Å²) >= 11 is 0. The van der Waals surface area contributed by atoms with Gasteiger partial charge in [-0.3, -0.25) is 4.79 Å². The van der Waals surface area contributed by atoms with E-state index >= 15 is 0 Å². The van der Waals surface area contributed by atoms with Gasteiger partial charge in [-0.05, 0) is 75.2 Å². The molecule has 188 valence electrons. The van der Waals surface area contributed by atoms with E-state index in [0.717, 1.165) is 31.6 Å². The second kappa shape index (κ2) is 12.3. The minimum atomic E-state index is -0.574. The molecule has 5 rings (SSSR count). The zero-order valence-electron chi connectivity index (χ0n) is 20.8. The van der Waals surface area contributed by atoms with Crippen LogP contribution in [0.5, 0.6) is 0 Å². The van der Waals surface area contributed by atoms with Crippen LogP contribution in [-0.4, -0.2) is 53.8 Å². The predicted octanol–water partition coefficient (Wildman–Crippen LogP) is 4.98. The Morgan fingerprint density at radius 1 is 1.00 bits per heavy atom. The molecule has 7 nitrogen and oxygen atoms in total. The highest BCUT2D eigenvalue weighted by atomic mass is 19.1. The molecule has 2 fully saturated rings. The Kier molecular flexibility index (Phi) is 8.69. The minimum Gasteiger partial charge on any atom is -0.372 e. The smallest absolute Gasteiger partial charge is 0.253 e. The van der Waals surface area contributed by atoms with E-state index in [9.17, 15) is 9.18 Å². The Morgan fingerprint density at radius 2 is 1.69 bits per heavy atom. The Labute approximate surface area is 211 Å². The SMILES string of the molecule is C1CCCNCC1.CNc1cc(-c2ccc(C#N)c(F)c2)n(-c2ccc(C(=O)N3CCCC3)cc2)n1. The Balaban J connectivity index is 0.000000375. The van der Waals surface area contributed by atoms with Gasteiger partial charge < -0.3 is 15.5 Å². The zero-order valence-corrected chi connectivity index (χ0v) is 20.8. The van der Waals surface area contributed by atoms with E-state index in [4.69, 9.17) is 5.26 Å². The van der Waals surface area contributed by atoms with Gasteiger partial charge in [0, 0.05) is 37.3 Å². The van der Waals surface area contributed by atoms with Gasteiger partial charge in [-0.1, -0.05) is 18.9 Å². The second-order valence-electron chi connectivity index (χ2n) is 9.09. The van der Waals surface area contributed by atoms with Crippen LogP contribution in [0.2, 0.25) is 0 Å². The third-order valence-corrected chi connectivity index (χ3v) is 6.56. The first kappa shape index (κ1) is 25.4. The zero-order chi connectivity index (χ0) is 25.3. The Morgan fingerprint density at radius 3 is 2.31 bits per heavy atom. The van der Waals surface area contributed by atoms with E-state index in [1.165, 1.54) is 50.9 Å². The maximum atomic E-state index is 14.1. The van der Waals surface area contributed by atoms with E-state index in [1.807, 2.05) is 29.2 Å². The summed E-state index contributed by atoms with van der Waals surface area (Å²) in [5.74, 6) is 0.0946. The molecule has 2 N–H and O–H groups in total. The molecule has 0 radical (unpaired) electrons. The van der Waals surface area contributed by atoms with E-state index in [2.05, 4.69) is 15.7 Å². The predicted molar refractivity (Wildman–Crippen MR) is 140 cm³/mol. The quantitative estimate of drug-likeness (QED) is 0.541.